The normalized spacial score (nSPS) is 16.0. The van der Waals surface area contributed by atoms with Gasteiger partial charge in [0.1, 0.15) is 11.4 Å². The van der Waals surface area contributed by atoms with Gasteiger partial charge in [0.05, 0.1) is 18.3 Å². The number of carbonyl (C=O) groups excluding carboxylic acids is 1. The molecule has 0 saturated heterocycles. The predicted molar refractivity (Wildman–Crippen MR) is 110 cm³/mol. The van der Waals surface area contributed by atoms with E-state index in [4.69, 9.17) is 4.74 Å². The van der Waals surface area contributed by atoms with Gasteiger partial charge < -0.3 is 9.64 Å². The molecule has 0 radical (unpaired) electrons. The molecule has 0 fully saturated rings. The number of amides is 1. The number of aromatic nitrogens is 2. The minimum atomic E-state index is -0.196. The van der Waals surface area contributed by atoms with E-state index in [1.54, 1.807) is 0 Å². The Bertz CT molecular complexity index is 1000. The van der Waals surface area contributed by atoms with Crippen molar-refractivity contribution in [2.24, 2.45) is 0 Å². The fourth-order valence-electron chi connectivity index (χ4n) is 3.90. The molecule has 1 unspecified atom stereocenters. The fourth-order valence-corrected chi connectivity index (χ4v) is 3.90. The molecule has 1 aromatic heterocycles. The van der Waals surface area contributed by atoms with Gasteiger partial charge in [0.2, 0.25) is 0 Å². The maximum absolute atomic E-state index is 13.2. The number of hydrogen-bond donors (Lipinski definition) is 1. The van der Waals surface area contributed by atoms with Crippen LogP contribution in [0.4, 0.5) is 0 Å². The minimum Gasteiger partial charge on any atom is -0.494 e. The summed E-state index contributed by atoms with van der Waals surface area (Å²) in [6.45, 7) is 8.72. The zero-order chi connectivity index (χ0) is 19.8. The van der Waals surface area contributed by atoms with Crippen LogP contribution in [0.5, 0.6) is 5.75 Å². The van der Waals surface area contributed by atoms with E-state index in [0.717, 1.165) is 28.1 Å². The number of rotatable bonds is 5. The van der Waals surface area contributed by atoms with Crippen molar-refractivity contribution in [1.82, 2.24) is 15.1 Å². The van der Waals surface area contributed by atoms with Crippen LogP contribution in [0.1, 0.15) is 54.0 Å². The molecule has 0 aliphatic carbocycles. The first-order valence-corrected chi connectivity index (χ1v) is 9.72. The molecule has 0 bridgehead atoms. The van der Waals surface area contributed by atoms with E-state index in [-0.39, 0.29) is 18.0 Å². The van der Waals surface area contributed by atoms with E-state index in [2.05, 4.69) is 47.5 Å². The molecule has 4 rings (SSSR count). The minimum absolute atomic E-state index is 0.0114. The molecule has 3 aromatic rings. The quantitative estimate of drug-likeness (QED) is 0.701. The summed E-state index contributed by atoms with van der Waals surface area (Å²) in [5.41, 5.74) is 5.58. The standard InChI is InChI=1S/C23H25N3O2/c1-5-28-18-8-6-7-17(13-18)22-19-20(16-11-9-15(4)10-12-16)24-25-21(19)23(27)26(22)14(2)3/h6-14,22H,5H2,1-4H3,(H,24,25). The van der Waals surface area contributed by atoms with Crippen LogP contribution in [-0.2, 0) is 0 Å². The number of benzene rings is 2. The van der Waals surface area contributed by atoms with Crippen molar-refractivity contribution in [1.29, 1.82) is 0 Å². The van der Waals surface area contributed by atoms with Crippen molar-refractivity contribution >= 4 is 5.91 Å². The van der Waals surface area contributed by atoms with Gasteiger partial charge in [-0.25, -0.2) is 0 Å². The van der Waals surface area contributed by atoms with Gasteiger partial charge in [-0.15, -0.1) is 0 Å². The second kappa shape index (κ2) is 7.15. The maximum Gasteiger partial charge on any atom is 0.273 e. The average molecular weight is 375 g/mol. The first-order chi connectivity index (χ1) is 13.5. The number of aromatic amines is 1. The third-order valence-corrected chi connectivity index (χ3v) is 5.17. The average Bonchev–Trinajstić information content (AvgIpc) is 3.22. The lowest BCUT2D eigenvalue weighted by Crippen LogP contribution is -2.35. The van der Waals surface area contributed by atoms with Crippen LogP contribution in [0.15, 0.2) is 48.5 Å². The monoisotopic (exact) mass is 375 g/mol. The van der Waals surface area contributed by atoms with Gasteiger partial charge >= 0.3 is 0 Å². The van der Waals surface area contributed by atoms with Crippen LogP contribution < -0.4 is 4.74 Å². The molecule has 0 saturated carbocycles. The summed E-state index contributed by atoms with van der Waals surface area (Å²) >= 11 is 0. The Morgan fingerprint density at radius 1 is 1.18 bits per heavy atom. The summed E-state index contributed by atoms with van der Waals surface area (Å²) in [5, 5.41) is 7.51. The third-order valence-electron chi connectivity index (χ3n) is 5.17. The highest BCUT2D eigenvalue weighted by atomic mass is 16.5. The second-order valence-electron chi connectivity index (χ2n) is 7.44. The van der Waals surface area contributed by atoms with Gasteiger partial charge in [0.15, 0.2) is 0 Å². The van der Waals surface area contributed by atoms with E-state index < -0.39 is 0 Å². The van der Waals surface area contributed by atoms with Crippen molar-refractivity contribution in [2.75, 3.05) is 6.61 Å². The third kappa shape index (κ3) is 2.97. The Balaban J connectivity index is 1.88. The number of nitrogens with zero attached hydrogens (tertiary/aromatic N) is 2. The van der Waals surface area contributed by atoms with Gasteiger partial charge in [-0.3, -0.25) is 9.89 Å². The van der Waals surface area contributed by atoms with Crippen LogP contribution in [-0.4, -0.2) is 33.7 Å². The van der Waals surface area contributed by atoms with Crippen LogP contribution in [0.25, 0.3) is 11.3 Å². The molecular weight excluding hydrogens is 350 g/mol. The summed E-state index contributed by atoms with van der Waals surface area (Å²) < 4.78 is 5.70. The highest BCUT2D eigenvalue weighted by Crippen LogP contribution is 2.44. The number of aryl methyl sites for hydroxylation is 1. The van der Waals surface area contributed by atoms with E-state index >= 15 is 0 Å². The fraction of sp³-hybridized carbons (Fsp3) is 0.304. The van der Waals surface area contributed by atoms with Gasteiger partial charge in [-0.2, -0.15) is 5.10 Å². The molecule has 5 nitrogen and oxygen atoms in total. The Hall–Kier alpha value is -3.08. The molecule has 2 heterocycles. The van der Waals surface area contributed by atoms with Crippen molar-refractivity contribution in [3.05, 3.63) is 70.9 Å². The summed E-state index contributed by atoms with van der Waals surface area (Å²) in [6, 6.07) is 16.1. The van der Waals surface area contributed by atoms with Gasteiger partial charge in [-0.05, 0) is 45.4 Å². The molecule has 1 amide bonds. The molecule has 0 spiro atoms. The van der Waals surface area contributed by atoms with E-state index in [9.17, 15) is 4.79 Å². The SMILES string of the molecule is CCOc1cccc(C2c3c(-c4ccc(C)cc4)n[nH]c3C(=O)N2C(C)C)c1. The molecule has 1 aliphatic rings. The van der Waals surface area contributed by atoms with Gasteiger partial charge in [-0.1, -0.05) is 42.0 Å². The van der Waals surface area contributed by atoms with E-state index in [1.165, 1.54) is 5.56 Å². The smallest absolute Gasteiger partial charge is 0.273 e. The zero-order valence-corrected chi connectivity index (χ0v) is 16.7. The lowest BCUT2D eigenvalue weighted by Gasteiger charge is -2.30. The van der Waals surface area contributed by atoms with Crippen molar-refractivity contribution < 1.29 is 9.53 Å². The maximum atomic E-state index is 13.2. The molecule has 1 atom stereocenters. The largest absolute Gasteiger partial charge is 0.494 e. The summed E-state index contributed by atoms with van der Waals surface area (Å²) in [5.74, 6) is 0.799. The molecule has 28 heavy (non-hydrogen) atoms. The Morgan fingerprint density at radius 2 is 1.93 bits per heavy atom. The number of carbonyl (C=O) groups is 1. The topological polar surface area (TPSA) is 58.2 Å². The van der Waals surface area contributed by atoms with E-state index in [1.807, 2.05) is 43.9 Å². The van der Waals surface area contributed by atoms with Crippen LogP contribution in [0.3, 0.4) is 0 Å². The Morgan fingerprint density at radius 3 is 2.61 bits per heavy atom. The number of fused-ring (bicyclic) bond motifs is 1. The van der Waals surface area contributed by atoms with Gasteiger partial charge in [0, 0.05) is 17.2 Å². The van der Waals surface area contributed by atoms with Crippen molar-refractivity contribution in [2.45, 2.75) is 39.8 Å². The number of H-pyrrole nitrogens is 1. The first-order valence-electron chi connectivity index (χ1n) is 9.72. The summed E-state index contributed by atoms with van der Waals surface area (Å²) in [6.07, 6.45) is 0. The number of hydrogen-bond acceptors (Lipinski definition) is 3. The van der Waals surface area contributed by atoms with Gasteiger partial charge in [0.25, 0.3) is 5.91 Å². The molecule has 2 aromatic carbocycles. The Kier molecular flexibility index (Phi) is 4.67. The highest BCUT2D eigenvalue weighted by molar-refractivity contribution is 6.00. The molecular formula is C23H25N3O2. The highest BCUT2D eigenvalue weighted by Gasteiger charge is 2.43. The van der Waals surface area contributed by atoms with Crippen LogP contribution >= 0.6 is 0 Å². The lowest BCUT2D eigenvalue weighted by molar-refractivity contribution is 0.0687. The zero-order valence-electron chi connectivity index (χ0n) is 16.7. The van der Waals surface area contributed by atoms with Crippen LogP contribution in [0, 0.1) is 6.92 Å². The predicted octanol–water partition coefficient (Wildman–Crippen LogP) is 4.74. The number of nitrogens with one attached hydrogen (secondary N) is 1. The van der Waals surface area contributed by atoms with E-state index in [0.29, 0.717) is 12.3 Å². The summed E-state index contributed by atoms with van der Waals surface area (Å²) in [4.78, 5) is 15.1. The number of ether oxygens (including phenoxy) is 1. The molecule has 5 heteroatoms. The van der Waals surface area contributed by atoms with Crippen molar-refractivity contribution in [3.8, 4) is 17.0 Å². The van der Waals surface area contributed by atoms with Crippen LogP contribution in [0.2, 0.25) is 0 Å². The summed E-state index contributed by atoms with van der Waals surface area (Å²) in [7, 11) is 0. The molecule has 144 valence electrons. The lowest BCUT2D eigenvalue weighted by atomic mass is 9.95. The molecule has 1 aliphatic heterocycles. The van der Waals surface area contributed by atoms with Crippen molar-refractivity contribution in [3.63, 3.8) is 0 Å². The molecule has 1 N–H and O–H groups in total. The Labute approximate surface area is 165 Å². The second-order valence-corrected chi connectivity index (χ2v) is 7.44. The first kappa shape index (κ1) is 18.3.